The molecule has 5 rings (SSSR count). The van der Waals surface area contributed by atoms with Crippen molar-refractivity contribution in [3.8, 4) is 11.5 Å². The fourth-order valence-corrected chi connectivity index (χ4v) is 5.48. The number of hydrogen-bond acceptors (Lipinski definition) is 5. The minimum Gasteiger partial charge on any atom is -0.493 e. The van der Waals surface area contributed by atoms with Crippen LogP contribution in [0.2, 0.25) is 0 Å². The Morgan fingerprint density at radius 3 is 2.38 bits per heavy atom. The third-order valence-corrected chi connectivity index (χ3v) is 7.55. The summed E-state index contributed by atoms with van der Waals surface area (Å²) in [5.74, 6) is 1.59. The van der Waals surface area contributed by atoms with Crippen molar-refractivity contribution in [3.63, 3.8) is 0 Å². The average Bonchev–Trinajstić information content (AvgIpc) is 3.46. The molecule has 1 saturated carbocycles. The fraction of sp³-hybridized carbons (Fsp3) is 0.387. The number of anilines is 1. The number of benzene rings is 3. The molecule has 6 heteroatoms. The van der Waals surface area contributed by atoms with Gasteiger partial charge in [-0.1, -0.05) is 42.5 Å². The molecule has 1 atom stereocenters. The van der Waals surface area contributed by atoms with Gasteiger partial charge in [0, 0.05) is 37.0 Å². The number of hydrogen-bond donors (Lipinski definition) is 1. The summed E-state index contributed by atoms with van der Waals surface area (Å²) in [6.07, 6.45) is 5.64. The first-order valence-corrected chi connectivity index (χ1v) is 13.3. The normalized spacial score (nSPS) is 18.2. The topological polar surface area (TPSA) is 62.2 Å². The van der Waals surface area contributed by atoms with Crippen molar-refractivity contribution in [1.82, 2.24) is 4.90 Å². The zero-order valence-electron chi connectivity index (χ0n) is 21.5. The number of rotatable bonds is 8. The number of ether oxygens (including phenoxy) is 2. The van der Waals surface area contributed by atoms with Crippen LogP contribution in [0.5, 0.6) is 11.5 Å². The maximum absolute atomic E-state index is 13.6. The summed E-state index contributed by atoms with van der Waals surface area (Å²) in [6, 6.07) is 23.8. The lowest BCUT2D eigenvalue weighted by Crippen LogP contribution is -2.56. The SMILES string of the molecule is COc1ccc(N2CCN(C(=O)c3ccc(CO)cc3)C(Cc3ccccc3)C2)cc1OC1CCCC1. The number of aliphatic hydroxyl groups is 1. The molecule has 3 aromatic carbocycles. The highest BCUT2D eigenvalue weighted by Gasteiger charge is 2.32. The van der Waals surface area contributed by atoms with Gasteiger partial charge in [0.05, 0.1) is 25.9 Å². The van der Waals surface area contributed by atoms with Gasteiger partial charge < -0.3 is 24.4 Å². The maximum atomic E-state index is 13.6. The fourth-order valence-electron chi connectivity index (χ4n) is 5.48. The third-order valence-electron chi connectivity index (χ3n) is 7.55. The molecule has 3 aromatic rings. The first-order valence-electron chi connectivity index (χ1n) is 13.3. The highest BCUT2D eigenvalue weighted by molar-refractivity contribution is 5.94. The summed E-state index contributed by atoms with van der Waals surface area (Å²) in [4.78, 5) is 17.9. The van der Waals surface area contributed by atoms with E-state index >= 15 is 0 Å². The van der Waals surface area contributed by atoms with Gasteiger partial charge in [-0.15, -0.1) is 0 Å². The lowest BCUT2D eigenvalue weighted by Gasteiger charge is -2.43. The van der Waals surface area contributed by atoms with Crippen LogP contribution in [-0.2, 0) is 13.0 Å². The van der Waals surface area contributed by atoms with Crippen molar-refractivity contribution in [2.45, 2.75) is 50.9 Å². The van der Waals surface area contributed by atoms with Gasteiger partial charge in [0.2, 0.25) is 0 Å². The average molecular weight is 501 g/mol. The third kappa shape index (κ3) is 5.91. The van der Waals surface area contributed by atoms with Crippen LogP contribution in [0.3, 0.4) is 0 Å². The highest BCUT2D eigenvalue weighted by atomic mass is 16.5. The zero-order valence-corrected chi connectivity index (χ0v) is 21.5. The smallest absolute Gasteiger partial charge is 0.254 e. The minimum atomic E-state index is -0.0297. The zero-order chi connectivity index (χ0) is 25.6. The number of carbonyl (C=O) groups excluding carboxylic acids is 1. The summed E-state index contributed by atoms with van der Waals surface area (Å²) in [7, 11) is 1.68. The molecule has 1 heterocycles. The molecule has 2 aliphatic rings. The molecule has 37 heavy (non-hydrogen) atoms. The van der Waals surface area contributed by atoms with Crippen LogP contribution >= 0.6 is 0 Å². The van der Waals surface area contributed by atoms with E-state index in [0.29, 0.717) is 12.1 Å². The van der Waals surface area contributed by atoms with Crippen molar-refractivity contribution in [1.29, 1.82) is 0 Å². The number of nitrogens with zero attached hydrogens (tertiary/aromatic N) is 2. The largest absolute Gasteiger partial charge is 0.493 e. The Morgan fingerprint density at radius 1 is 0.919 bits per heavy atom. The van der Waals surface area contributed by atoms with Crippen molar-refractivity contribution in [2.75, 3.05) is 31.6 Å². The molecule has 1 unspecified atom stereocenters. The Morgan fingerprint density at radius 2 is 1.68 bits per heavy atom. The van der Waals surface area contributed by atoms with E-state index in [1.807, 2.05) is 53.4 Å². The number of carbonyl (C=O) groups is 1. The van der Waals surface area contributed by atoms with Crippen LogP contribution in [0, 0.1) is 0 Å². The number of aliphatic hydroxyl groups excluding tert-OH is 1. The van der Waals surface area contributed by atoms with E-state index in [-0.39, 0.29) is 24.7 Å². The van der Waals surface area contributed by atoms with E-state index in [2.05, 4.69) is 29.2 Å². The van der Waals surface area contributed by atoms with E-state index in [4.69, 9.17) is 9.47 Å². The van der Waals surface area contributed by atoms with Gasteiger partial charge in [0.1, 0.15) is 0 Å². The Kier molecular flexibility index (Phi) is 7.95. The number of piperazine rings is 1. The Balaban J connectivity index is 1.38. The lowest BCUT2D eigenvalue weighted by molar-refractivity contribution is 0.0656. The quantitative estimate of drug-likeness (QED) is 0.467. The molecule has 2 fully saturated rings. The van der Waals surface area contributed by atoms with Gasteiger partial charge in [-0.3, -0.25) is 4.79 Å². The summed E-state index contributed by atoms with van der Waals surface area (Å²) >= 11 is 0. The van der Waals surface area contributed by atoms with Crippen molar-refractivity contribution < 1.29 is 19.4 Å². The second kappa shape index (κ2) is 11.7. The summed E-state index contributed by atoms with van der Waals surface area (Å²) in [6.45, 7) is 2.06. The van der Waals surface area contributed by atoms with Gasteiger partial charge in [-0.05, 0) is 67.5 Å². The molecule has 0 spiro atoms. The van der Waals surface area contributed by atoms with Crippen LogP contribution in [0.15, 0.2) is 72.8 Å². The molecular formula is C31H36N2O4. The summed E-state index contributed by atoms with van der Waals surface area (Å²) < 4.78 is 12.0. The Labute approximate surface area is 219 Å². The van der Waals surface area contributed by atoms with Crippen LogP contribution in [0.25, 0.3) is 0 Å². The molecule has 0 radical (unpaired) electrons. The van der Waals surface area contributed by atoms with Gasteiger partial charge in [0.25, 0.3) is 5.91 Å². The molecule has 1 aliphatic heterocycles. The number of amides is 1. The van der Waals surface area contributed by atoms with E-state index in [0.717, 1.165) is 55.1 Å². The first-order chi connectivity index (χ1) is 18.1. The first kappa shape index (κ1) is 25.2. The lowest BCUT2D eigenvalue weighted by atomic mass is 10.00. The molecule has 0 bridgehead atoms. The Hall–Kier alpha value is -3.51. The van der Waals surface area contributed by atoms with Crippen LogP contribution in [0.1, 0.15) is 47.2 Å². The van der Waals surface area contributed by atoms with Gasteiger partial charge in [0.15, 0.2) is 11.5 Å². The van der Waals surface area contributed by atoms with Crippen molar-refractivity contribution in [2.24, 2.45) is 0 Å². The molecule has 6 nitrogen and oxygen atoms in total. The predicted molar refractivity (Wildman–Crippen MR) is 145 cm³/mol. The van der Waals surface area contributed by atoms with E-state index in [9.17, 15) is 9.90 Å². The van der Waals surface area contributed by atoms with E-state index in [1.165, 1.54) is 18.4 Å². The molecule has 1 N–H and O–H groups in total. The Bertz CT molecular complexity index is 1180. The van der Waals surface area contributed by atoms with Crippen molar-refractivity contribution >= 4 is 11.6 Å². The molecule has 1 aliphatic carbocycles. The molecular weight excluding hydrogens is 464 g/mol. The maximum Gasteiger partial charge on any atom is 0.254 e. The predicted octanol–water partition coefficient (Wildman–Crippen LogP) is 5.08. The van der Waals surface area contributed by atoms with Crippen LogP contribution < -0.4 is 14.4 Å². The number of methoxy groups -OCH3 is 1. The van der Waals surface area contributed by atoms with Gasteiger partial charge >= 0.3 is 0 Å². The highest BCUT2D eigenvalue weighted by Crippen LogP contribution is 2.36. The minimum absolute atomic E-state index is 0.0162. The molecule has 1 saturated heterocycles. The van der Waals surface area contributed by atoms with E-state index in [1.54, 1.807) is 7.11 Å². The monoisotopic (exact) mass is 500 g/mol. The van der Waals surface area contributed by atoms with Crippen molar-refractivity contribution in [3.05, 3.63) is 89.5 Å². The second-order valence-corrected chi connectivity index (χ2v) is 10.0. The van der Waals surface area contributed by atoms with E-state index < -0.39 is 0 Å². The summed E-state index contributed by atoms with van der Waals surface area (Å²) in [5, 5.41) is 9.37. The second-order valence-electron chi connectivity index (χ2n) is 10.0. The van der Waals surface area contributed by atoms with Crippen LogP contribution in [0.4, 0.5) is 5.69 Å². The summed E-state index contributed by atoms with van der Waals surface area (Å²) in [5.41, 5.74) is 3.76. The van der Waals surface area contributed by atoms with Gasteiger partial charge in [-0.25, -0.2) is 0 Å². The standard InChI is InChI=1S/C31H36N2O4/c1-36-29-16-15-26(20-30(29)37-28-9-5-6-10-28)32-17-18-33(27(21-32)19-23-7-3-2-4-8-23)31(35)25-13-11-24(22-34)12-14-25/h2-4,7-8,11-16,20,27-28,34H,5-6,9-10,17-19,21-22H2,1H3. The van der Waals surface area contributed by atoms with Gasteiger partial charge in [-0.2, -0.15) is 0 Å². The molecule has 0 aromatic heterocycles. The van der Waals surface area contributed by atoms with Crippen LogP contribution in [-0.4, -0.2) is 54.8 Å². The molecule has 194 valence electrons. The molecule has 1 amide bonds.